The Labute approximate surface area is 202 Å². The lowest BCUT2D eigenvalue weighted by Gasteiger charge is -2.16. The molecule has 7 nitrogen and oxygen atoms in total. The van der Waals surface area contributed by atoms with E-state index in [-0.39, 0.29) is 11.0 Å². The van der Waals surface area contributed by atoms with E-state index in [1.807, 2.05) is 19.9 Å². The lowest BCUT2D eigenvalue weighted by molar-refractivity contribution is 0.0947. The van der Waals surface area contributed by atoms with E-state index in [4.69, 9.17) is 21.7 Å². The van der Waals surface area contributed by atoms with Crippen molar-refractivity contribution in [3.05, 3.63) is 58.1 Å². The van der Waals surface area contributed by atoms with Crippen molar-refractivity contribution in [2.45, 2.75) is 20.3 Å². The van der Waals surface area contributed by atoms with Gasteiger partial charge in [0, 0.05) is 24.7 Å². The fraction of sp³-hybridized carbons (Fsp3) is 0.348. The monoisotopic (exact) mass is 521 g/mol. The number of amides is 2. The molecule has 2 amide bonds. The van der Waals surface area contributed by atoms with E-state index in [0.717, 1.165) is 4.47 Å². The molecule has 0 aliphatic rings. The van der Waals surface area contributed by atoms with E-state index < -0.39 is 5.91 Å². The van der Waals surface area contributed by atoms with Gasteiger partial charge in [0.05, 0.1) is 23.4 Å². The van der Waals surface area contributed by atoms with Gasteiger partial charge in [0.15, 0.2) is 5.11 Å². The Balaban J connectivity index is 2.06. The van der Waals surface area contributed by atoms with Gasteiger partial charge in [0.25, 0.3) is 11.8 Å². The number of halogens is 1. The van der Waals surface area contributed by atoms with Crippen molar-refractivity contribution in [1.82, 2.24) is 10.6 Å². The zero-order valence-corrected chi connectivity index (χ0v) is 20.8. The summed E-state index contributed by atoms with van der Waals surface area (Å²) >= 11 is 8.70. The summed E-state index contributed by atoms with van der Waals surface area (Å²) in [5, 5.41) is 8.51. The molecule has 0 spiro atoms. The Hall–Kier alpha value is -2.49. The highest BCUT2D eigenvalue weighted by Crippen LogP contribution is 2.24. The summed E-state index contributed by atoms with van der Waals surface area (Å²) in [4.78, 5) is 25.4. The number of thiocarbonyl (C=S) groups is 1. The molecule has 0 atom stereocenters. The highest BCUT2D eigenvalue weighted by Gasteiger charge is 2.17. The summed E-state index contributed by atoms with van der Waals surface area (Å²) in [6.07, 6.45) is 0.708. The number of nitrogens with one attached hydrogen (secondary N) is 3. The van der Waals surface area contributed by atoms with E-state index in [1.165, 1.54) is 0 Å². The van der Waals surface area contributed by atoms with E-state index in [9.17, 15) is 9.59 Å². The van der Waals surface area contributed by atoms with Crippen LogP contribution in [0.5, 0.6) is 5.75 Å². The third-order valence-electron chi connectivity index (χ3n) is 4.22. The van der Waals surface area contributed by atoms with Crippen molar-refractivity contribution in [1.29, 1.82) is 0 Å². The molecule has 9 heteroatoms. The number of hydrogen-bond donors (Lipinski definition) is 3. The molecule has 0 aliphatic carbocycles. The van der Waals surface area contributed by atoms with Crippen LogP contribution in [0.25, 0.3) is 0 Å². The van der Waals surface area contributed by atoms with Gasteiger partial charge in [-0.25, -0.2) is 0 Å². The lowest BCUT2D eigenvalue weighted by atomic mass is 10.1. The van der Waals surface area contributed by atoms with Gasteiger partial charge in [0.1, 0.15) is 5.75 Å². The second-order valence-corrected chi connectivity index (χ2v) is 8.73. The fourth-order valence-corrected chi connectivity index (χ4v) is 3.25. The maximum absolute atomic E-state index is 12.9. The molecular formula is C23H28BrN3O4S. The summed E-state index contributed by atoms with van der Waals surface area (Å²) in [6, 6.07) is 12.2. The van der Waals surface area contributed by atoms with Crippen LogP contribution in [0.3, 0.4) is 0 Å². The molecule has 3 N–H and O–H groups in total. The minimum absolute atomic E-state index is 0.0735. The molecule has 0 saturated heterocycles. The molecule has 0 saturated carbocycles. The van der Waals surface area contributed by atoms with Crippen molar-refractivity contribution < 1.29 is 19.1 Å². The van der Waals surface area contributed by atoms with Gasteiger partial charge in [-0.05, 0) is 54.9 Å². The zero-order chi connectivity index (χ0) is 23.5. The van der Waals surface area contributed by atoms with Crippen molar-refractivity contribution >= 4 is 50.8 Å². The van der Waals surface area contributed by atoms with E-state index >= 15 is 0 Å². The quantitative estimate of drug-likeness (QED) is 0.317. The number of anilines is 1. The van der Waals surface area contributed by atoms with Gasteiger partial charge in [0.2, 0.25) is 0 Å². The van der Waals surface area contributed by atoms with Crippen LogP contribution in [-0.2, 0) is 4.74 Å². The Bertz CT molecular complexity index is 953. The van der Waals surface area contributed by atoms with Crippen LogP contribution in [0, 0.1) is 5.92 Å². The van der Waals surface area contributed by atoms with Crippen molar-refractivity contribution in [2.75, 3.05) is 32.2 Å². The van der Waals surface area contributed by atoms with Gasteiger partial charge in [-0.2, -0.15) is 0 Å². The maximum atomic E-state index is 12.9. The average Bonchev–Trinajstić information content (AvgIpc) is 2.75. The van der Waals surface area contributed by atoms with Crippen LogP contribution in [0.15, 0.2) is 46.9 Å². The number of ether oxygens (including phenoxy) is 2. The average molecular weight is 522 g/mol. The first kappa shape index (κ1) is 25.8. The number of hydrogen-bond acceptors (Lipinski definition) is 5. The Morgan fingerprint density at radius 3 is 2.56 bits per heavy atom. The summed E-state index contributed by atoms with van der Waals surface area (Å²) in [7, 11) is 1.61. The van der Waals surface area contributed by atoms with Gasteiger partial charge in [-0.3, -0.25) is 14.9 Å². The second-order valence-electron chi connectivity index (χ2n) is 7.40. The summed E-state index contributed by atoms with van der Waals surface area (Å²) in [6.45, 7) is 5.60. The van der Waals surface area contributed by atoms with E-state index in [1.54, 1.807) is 43.5 Å². The molecule has 0 fully saturated rings. The molecule has 0 bridgehead atoms. The van der Waals surface area contributed by atoms with Crippen molar-refractivity contribution in [2.24, 2.45) is 5.92 Å². The topological polar surface area (TPSA) is 88.7 Å². The molecular weight excluding hydrogens is 494 g/mol. The van der Waals surface area contributed by atoms with Crippen LogP contribution < -0.4 is 20.7 Å². The summed E-state index contributed by atoms with van der Waals surface area (Å²) < 4.78 is 11.5. The third kappa shape index (κ3) is 8.22. The number of benzene rings is 2. The first-order chi connectivity index (χ1) is 15.3. The van der Waals surface area contributed by atoms with Gasteiger partial charge in [-0.15, -0.1) is 0 Å². The standard InChI is InChI=1S/C23H28BrN3O4S/c1-15(2)14-31-20-10-9-16(24)13-18(20)22(29)27-23(32)26-19-8-5-4-7-17(19)21(28)25-11-6-12-30-3/h4-5,7-10,13,15H,6,11-12,14H2,1-3H3,(H,25,28)(H2,26,27,29,32). The minimum atomic E-state index is -0.413. The first-order valence-corrected chi connectivity index (χ1v) is 11.4. The number of rotatable bonds is 10. The van der Waals surface area contributed by atoms with Crippen LogP contribution >= 0.6 is 28.1 Å². The van der Waals surface area contributed by atoms with Crippen LogP contribution in [0.1, 0.15) is 41.0 Å². The van der Waals surface area contributed by atoms with Crippen LogP contribution in [0.2, 0.25) is 0 Å². The molecule has 32 heavy (non-hydrogen) atoms. The zero-order valence-electron chi connectivity index (χ0n) is 18.4. The molecule has 2 aromatic rings. The predicted octanol–water partition coefficient (Wildman–Crippen LogP) is 4.38. The van der Waals surface area contributed by atoms with Crippen molar-refractivity contribution in [3.63, 3.8) is 0 Å². The van der Waals surface area contributed by atoms with Gasteiger partial charge < -0.3 is 20.1 Å². The summed E-state index contributed by atoms with van der Waals surface area (Å²) in [5.74, 6) is 0.131. The lowest BCUT2D eigenvalue weighted by Crippen LogP contribution is -2.35. The number of carbonyl (C=O) groups is 2. The number of para-hydroxylation sites is 1. The highest BCUT2D eigenvalue weighted by molar-refractivity contribution is 9.10. The molecule has 172 valence electrons. The number of carbonyl (C=O) groups excluding carboxylic acids is 2. The third-order valence-corrected chi connectivity index (χ3v) is 4.91. The van der Waals surface area contributed by atoms with Gasteiger partial charge in [-0.1, -0.05) is 41.9 Å². The molecule has 2 aromatic carbocycles. The maximum Gasteiger partial charge on any atom is 0.261 e. The predicted molar refractivity (Wildman–Crippen MR) is 133 cm³/mol. The first-order valence-electron chi connectivity index (χ1n) is 10.2. The molecule has 0 aromatic heterocycles. The molecule has 0 radical (unpaired) electrons. The fourth-order valence-electron chi connectivity index (χ4n) is 2.69. The van der Waals surface area contributed by atoms with Gasteiger partial charge >= 0.3 is 0 Å². The van der Waals surface area contributed by atoms with E-state index in [2.05, 4.69) is 31.9 Å². The van der Waals surface area contributed by atoms with Crippen LogP contribution in [0.4, 0.5) is 5.69 Å². The largest absolute Gasteiger partial charge is 0.492 e. The highest BCUT2D eigenvalue weighted by atomic mass is 79.9. The normalized spacial score (nSPS) is 10.5. The SMILES string of the molecule is COCCCNC(=O)c1ccccc1NC(=S)NC(=O)c1cc(Br)ccc1OCC(C)C. The molecule has 2 rings (SSSR count). The van der Waals surface area contributed by atoms with E-state index in [0.29, 0.717) is 54.7 Å². The smallest absolute Gasteiger partial charge is 0.261 e. The Morgan fingerprint density at radius 1 is 1.09 bits per heavy atom. The van der Waals surface area contributed by atoms with Crippen molar-refractivity contribution in [3.8, 4) is 5.75 Å². The summed E-state index contributed by atoms with van der Waals surface area (Å²) in [5.41, 5.74) is 1.27. The Morgan fingerprint density at radius 2 is 1.84 bits per heavy atom. The minimum Gasteiger partial charge on any atom is -0.492 e. The van der Waals surface area contributed by atoms with Crippen LogP contribution in [-0.4, -0.2) is 43.8 Å². The second kappa shape index (κ2) is 13.1. The Kier molecular flexibility index (Phi) is 10.6. The molecule has 0 unspecified atom stereocenters. The molecule has 0 heterocycles. The molecule has 0 aliphatic heterocycles. The number of methoxy groups -OCH3 is 1.